The predicted octanol–water partition coefficient (Wildman–Crippen LogP) is 2.45. The van der Waals surface area contributed by atoms with Crippen molar-refractivity contribution in [2.75, 3.05) is 16.4 Å². The van der Waals surface area contributed by atoms with Crippen molar-refractivity contribution in [3.63, 3.8) is 0 Å². The van der Waals surface area contributed by atoms with Crippen LogP contribution >= 0.6 is 0 Å². The van der Waals surface area contributed by atoms with Gasteiger partial charge in [-0.3, -0.25) is 9.78 Å². The number of nitrogen functional groups attached to an aromatic ring is 1. The summed E-state index contributed by atoms with van der Waals surface area (Å²) in [6.07, 6.45) is 4.77. The number of hydrogen-bond donors (Lipinski definition) is 3. The number of amides is 1. The van der Waals surface area contributed by atoms with E-state index in [0.717, 1.165) is 5.69 Å². The number of anilines is 4. The molecule has 3 aromatic rings. The maximum atomic E-state index is 12.3. The van der Waals surface area contributed by atoms with Gasteiger partial charge in [-0.1, -0.05) is 18.2 Å². The lowest BCUT2D eigenvalue weighted by Gasteiger charge is -2.09. The minimum absolute atomic E-state index is 0.0629. The Bertz CT molecular complexity index is 807. The molecule has 0 bridgehead atoms. The van der Waals surface area contributed by atoms with Crippen LogP contribution < -0.4 is 16.4 Å². The Hall–Kier alpha value is -3.48. The number of aromatic nitrogens is 3. The number of nitrogens with zero attached hydrogens (tertiary/aromatic N) is 3. The van der Waals surface area contributed by atoms with Crippen molar-refractivity contribution in [2.45, 2.75) is 0 Å². The Morgan fingerprint density at radius 1 is 1.00 bits per heavy atom. The van der Waals surface area contributed by atoms with Gasteiger partial charge in [0.05, 0.1) is 6.20 Å². The van der Waals surface area contributed by atoms with Gasteiger partial charge in [-0.25, -0.2) is 9.97 Å². The van der Waals surface area contributed by atoms with E-state index in [4.69, 9.17) is 5.73 Å². The Kier molecular flexibility index (Phi) is 4.10. The normalized spacial score (nSPS) is 10.1. The number of benzene rings is 1. The summed E-state index contributed by atoms with van der Waals surface area (Å²) >= 11 is 0. The van der Waals surface area contributed by atoms with Gasteiger partial charge >= 0.3 is 0 Å². The van der Waals surface area contributed by atoms with Crippen LogP contribution in [0.2, 0.25) is 0 Å². The Morgan fingerprint density at radius 2 is 1.74 bits per heavy atom. The number of nitrogens with two attached hydrogens (primary N) is 1. The third-order valence-corrected chi connectivity index (χ3v) is 3.00. The SMILES string of the molecule is Nc1ncc(Nc2ccncc2)nc1C(=O)Nc1ccccc1. The maximum Gasteiger partial charge on any atom is 0.278 e. The first-order chi connectivity index (χ1) is 11.2. The van der Waals surface area contributed by atoms with Gasteiger partial charge in [-0.05, 0) is 24.3 Å². The number of carbonyl (C=O) groups excluding carboxylic acids is 1. The van der Waals surface area contributed by atoms with E-state index < -0.39 is 5.91 Å². The van der Waals surface area contributed by atoms with E-state index in [1.807, 2.05) is 18.2 Å². The largest absolute Gasteiger partial charge is 0.382 e. The van der Waals surface area contributed by atoms with Crippen molar-refractivity contribution in [1.82, 2.24) is 15.0 Å². The first-order valence-corrected chi connectivity index (χ1v) is 6.88. The first kappa shape index (κ1) is 14.5. The Morgan fingerprint density at radius 3 is 2.48 bits per heavy atom. The summed E-state index contributed by atoms with van der Waals surface area (Å²) in [5.41, 5.74) is 7.27. The molecule has 0 spiro atoms. The van der Waals surface area contributed by atoms with Crippen LogP contribution in [0.5, 0.6) is 0 Å². The van der Waals surface area contributed by atoms with E-state index in [1.165, 1.54) is 6.20 Å². The fourth-order valence-electron chi connectivity index (χ4n) is 1.92. The number of para-hydroxylation sites is 1. The topological polar surface area (TPSA) is 106 Å². The molecule has 7 heteroatoms. The maximum absolute atomic E-state index is 12.3. The van der Waals surface area contributed by atoms with Gasteiger partial charge in [0.15, 0.2) is 11.5 Å². The summed E-state index contributed by atoms with van der Waals surface area (Å²) in [5, 5.41) is 5.77. The number of hydrogen-bond acceptors (Lipinski definition) is 6. The van der Waals surface area contributed by atoms with Crippen molar-refractivity contribution in [3.05, 3.63) is 66.7 Å². The molecule has 114 valence electrons. The molecule has 7 nitrogen and oxygen atoms in total. The highest BCUT2D eigenvalue weighted by molar-refractivity contribution is 6.05. The van der Waals surface area contributed by atoms with Crippen LogP contribution in [0.3, 0.4) is 0 Å². The molecule has 2 heterocycles. The summed E-state index contributed by atoms with van der Waals surface area (Å²) < 4.78 is 0. The van der Waals surface area contributed by atoms with Crippen LogP contribution in [-0.2, 0) is 0 Å². The van der Waals surface area contributed by atoms with E-state index in [-0.39, 0.29) is 11.5 Å². The first-order valence-electron chi connectivity index (χ1n) is 6.88. The van der Waals surface area contributed by atoms with Crippen molar-refractivity contribution >= 4 is 28.9 Å². The van der Waals surface area contributed by atoms with Gasteiger partial charge in [-0.15, -0.1) is 0 Å². The standard InChI is InChI=1S/C16H14N6O/c17-15-14(16(23)21-11-4-2-1-3-5-11)22-13(10-19-15)20-12-6-8-18-9-7-12/h1-10H,(H2,17,19)(H,21,23)(H,18,20,22). The molecule has 2 aromatic heterocycles. The molecule has 23 heavy (non-hydrogen) atoms. The van der Waals surface area contributed by atoms with Gasteiger partial charge < -0.3 is 16.4 Å². The second-order valence-corrected chi connectivity index (χ2v) is 4.67. The zero-order chi connectivity index (χ0) is 16.1. The molecule has 0 atom stereocenters. The number of pyridine rings is 1. The smallest absolute Gasteiger partial charge is 0.278 e. The molecule has 0 saturated heterocycles. The number of carbonyl (C=O) groups is 1. The van der Waals surface area contributed by atoms with E-state index in [0.29, 0.717) is 11.5 Å². The molecule has 3 rings (SSSR count). The van der Waals surface area contributed by atoms with Gasteiger partial charge in [0, 0.05) is 23.8 Å². The molecule has 4 N–H and O–H groups in total. The third-order valence-electron chi connectivity index (χ3n) is 3.00. The van der Waals surface area contributed by atoms with Crippen LogP contribution in [-0.4, -0.2) is 20.9 Å². The molecule has 0 aliphatic rings. The monoisotopic (exact) mass is 306 g/mol. The predicted molar refractivity (Wildman–Crippen MR) is 88.4 cm³/mol. The van der Waals surface area contributed by atoms with Crippen molar-refractivity contribution < 1.29 is 4.79 Å². The number of nitrogens with one attached hydrogen (secondary N) is 2. The second-order valence-electron chi connectivity index (χ2n) is 4.67. The highest BCUT2D eigenvalue weighted by Gasteiger charge is 2.14. The average Bonchev–Trinajstić information content (AvgIpc) is 2.58. The molecule has 0 fully saturated rings. The lowest BCUT2D eigenvalue weighted by molar-refractivity contribution is 0.102. The highest BCUT2D eigenvalue weighted by Crippen LogP contribution is 2.16. The van der Waals surface area contributed by atoms with Crippen molar-refractivity contribution in [3.8, 4) is 0 Å². The van der Waals surface area contributed by atoms with E-state index in [1.54, 1.807) is 36.7 Å². The van der Waals surface area contributed by atoms with Crippen LogP contribution in [0.1, 0.15) is 10.5 Å². The molecule has 0 aliphatic heterocycles. The molecule has 0 radical (unpaired) electrons. The second kappa shape index (κ2) is 6.52. The van der Waals surface area contributed by atoms with Gasteiger partial charge in [0.1, 0.15) is 5.82 Å². The van der Waals surface area contributed by atoms with Crippen LogP contribution in [0.15, 0.2) is 61.1 Å². The Balaban J connectivity index is 1.81. The fraction of sp³-hybridized carbons (Fsp3) is 0. The third kappa shape index (κ3) is 3.59. The van der Waals surface area contributed by atoms with Crippen molar-refractivity contribution in [2.24, 2.45) is 0 Å². The molecular formula is C16H14N6O. The summed E-state index contributed by atoms with van der Waals surface area (Å²) in [6.45, 7) is 0. The summed E-state index contributed by atoms with van der Waals surface area (Å²) in [7, 11) is 0. The lowest BCUT2D eigenvalue weighted by atomic mass is 10.3. The zero-order valence-electron chi connectivity index (χ0n) is 12.1. The lowest BCUT2D eigenvalue weighted by Crippen LogP contribution is -2.17. The van der Waals surface area contributed by atoms with Gasteiger partial charge in [0.25, 0.3) is 5.91 Å². The Labute approximate surface area is 132 Å². The molecule has 0 unspecified atom stereocenters. The fourth-order valence-corrected chi connectivity index (χ4v) is 1.92. The minimum Gasteiger partial charge on any atom is -0.382 e. The molecule has 0 saturated carbocycles. The average molecular weight is 306 g/mol. The summed E-state index contributed by atoms with van der Waals surface area (Å²) in [4.78, 5) is 24.5. The molecule has 0 aliphatic carbocycles. The van der Waals surface area contributed by atoms with Crippen molar-refractivity contribution in [1.29, 1.82) is 0 Å². The van der Waals surface area contributed by atoms with E-state index >= 15 is 0 Å². The van der Waals surface area contributed by atoms with E-state index in [2.05, 4.69) is 25.6 Å². The summed E-state index contributed by atoms with van der Waals surface area (Å²) in [6, 6.07) is 12.6. The quantitative estimate of drug-likeness (QED) is 0.683. The summed E-state index contributed by atoms with van der Waals surface area (Å²) in [5.74, 6) is 0.0712. The zero-order valence-corrected chi connectivity index (χ0v) is 12.1. The highest BCUT2D eigenvalue weighted by atomic mass is 16.1. The molecular weight excluding hydrogens is 292 g/mol. The van der Waals surface area contributed by atoms with Crippen LogP contribution in [0.4, 0.5) is 23.0 Å². The minimum atomic E-state index is -0.417. The van der Waals surface area contributed by atoms with E-state index in [9.17, 15) is 4.79 Å². The van der Waals surface area contributed by atoms with Gasteiger partial charge in [0.2, 0.25) is 0 Å². The molecule has 1 amide bonds. The number of rotatable bonds is 4. The van der Waals surface area contributed by atoms with Crippen LogP contribution in [0, 0.1) is 0 Å². The van der Waals surface area contributed by atoms with Gasteiger partial charge in [-0.2, -0.15) is 0 Å². The van der Waals surface area contributed by atoms with Crippen LogP contribution in [0.25, 0.3) is 0 Å². The molecule has 1 aromatic carbocycles.